The largest absolute Gasteiger partial charge is 0.490 e. The van der Waals surface area contributed by atoms with E-state index in [0.717, 1.165) is 31.2 Å². The van der Waals surface area contributed by atoms with E-state index in [2.05, 4.69) is 22.2 Å². The maximum Gasteiger partial charge on any atom is 0.229 e. The third kappa shape index (κ3) is 5.46. The predicted octanol–water partition coefficient (Wildman–Crippen LogP) is 3.09. The Morgan fingerprint density at radius 1 is 1.20 bits per heavy atom. The lowest BCUT2D eigenvalue weighted by Crippen LogP contribution is -2.41. The summed E-state index contributed by atoms with van der Waals surface area (Å²) in [6.45, 7) is 1.26. The maximum absolute atomic E-state index is 14.0. The van der Waals surface area contributed by atoms with Gasteiger partial charge in [-0.2, -0.15) is 0 Å². The van der Waals surface area contributed by atoms with Gasteiger partial charge in [-0.3, -0.25) is 20.3 Å². The molecule has 2 aliphatic carbocycles. The van der Waals surface area contributed by atoms with Crippen molar-refractivity contribution < 1.29 is 18.7 Å². The van der Waals surface area contributed by atoms with Gasteiger partial charge in [-0.25, -0.2) is 9.82 Å². The van der Waals surface area contributed by atoms with Gasteiger partial charge in [0.2, 0.25) is 11.8 Å². The van der Waals surface area contributed by atoms with Crippen LogP contribution in [0.1, 0.15) is 56.9 Å². The van der Waals surface area contributed by atoms with Crippen molar-refractivity contribution in [3.8, 4) is 5.75 Å². The summed E-state index contributed by atoms with van der Waals surface area (Å²) in [5, 5.41) is 2.40. The summed E-state index contributed by atoms with van der Waals surface area (Å²) in [6.07, 6.45) is 11.1. The van der Waals surface area contributed by atoms with Gasteiger partial charge in [0.15, 0.2) is 11.6 Å². The zero-order valence-corrected chi connectivity index (χ0v) is 17.2. The highest BCUT2D eigenvalue weighted by atomic mass is 19.1. The maximum atomic E-state index is 14.0. The molecule has 3 fully saturated rings. The number of halogens is 1. The van der Waals surface area contributed by atoms with Gasteiger partial charge in [-0.15, -0.1) is 0 Å². The number of amides is 2. The number of hydrazine groups is 1. The van der Waals surface area contributed by atoms with Crippen LogP contribution in [-0.4, -0.2) is 25.0 Å². The molecular weight excluding hydrogens is 385 g/mol. The fraction of sp³-hybridized carbons (Fsp3) is 0.565. The fourth-order valence-corrected chi connectivity index (χ4v) is 3.81. The first-order chi connectivity index (χ1) is 14.6. The molecular formula is C23H30FN3O3. The SMILES string of the molecule is O=C1CCC(CC/C=C/CNNC2(c3ccc(F)c(OCC4CC4)c3)CC2)C(=O)N1. The molecule has 0 aromatic heterocycles. The van der Waals surface area contributed by atoms with Gasteiger partial charge in [0.1, 0.15) is 0 Å². The van der Waals surface area contributed by atoms with Crippen molar-refractivity contribution in [2.24, 2.45) is 11.8 Å². The molecule has 3 aliphatic rings. The van der Waals surface area contributed by atoms with E-state index in [1.54, 1.807) is 0 Å². The van der Waals surface area contributed by atoms with E-state index in [1.165, 1.54) is 18.9 Å². The molecule has 162 valence electrons. The van der Waals surface area contributed by atoms with Crippen molar-refractivity contribution >= 4 is 11.8 Å². The van der Waals surface area contributed by atoms with Gasteiger partial charge < -0.3 is 4.74 Å². The highest BCUT2D eigenvalue weighted by Gasteiger charge is 2.44. The van der Waals surface area contributed by atoms with Crippen molar-refractivity contribution in [3.63, 3.8) is 0 Å². The molecule has 0 radical (unpaired) electrons. The Morgan fingerprint density at radius 2 is 2.03 bits per heavy atom. The van der Waals surface area contributed by atoms with Crippen molar-refractivity contribution in [2.75, 3.05) is 13.2 Å². The lowest BCUT2D eigenvalue weighted by molar-refractivity contribution is -0.136. The van der Waals surface area contributed by atoms with E-state index in [9.17, 15) is 14.0 Å². The Kier molecular flexibility index (Phi) is 6.49. The molecule has 6 nitrogen and oxygen atoms in total. The molecule has 7 heteroatoms. The van der Waals surface area contributed by atoms with E-state index in [0.29, 0.717) is 37.7 Å². The second-order valence-electron chi connectivity index (χ2n) is 8.68. The molecule has 2 amide bonds. The van der Waals surface area contributed by atoms with Crippen LogP contribution in [0, 0.1) is 17.7 Å². The number of piperidine rings is 1. The zero-order valence-electron chi connectivity index (χ0n) is 17.2. The van der Waals surface area contributed by atoms with Crippen LogP contribution < -0.4 is 20.9 Å². The summed E-state index contributed by atoms with van der Waals surface area (Å²) in [4.78, 5) is 22.9. The normalized spacial score (nSPS) is 22.9. The van der Waals surface area contributed by atoms with E-state index < -0.39 is 0 Å². The predicted molar refractivity (Wildman–Crippen MR) is 111 cm³/mol. The smallest absolute Gasteiger partial charge is 0.229 e. The minimum Gasteiger partial charge on any atom is -0.490 e. The van der Waals surface area contributed by atoms with Crippen molar-refractivity contribution in [1.29, 1.82) is 0 Å². The first-order valence-electron chi connectivity index (χ1n) is 11.0. The Labute approximate surface area is 176 Å². The van der Waals surface area contributed by atoms with Crippen LogP contribution in [-0.2, 0) is 15.1 Å². The summed E-state index contributed by atoms with van der Waals surface area (Å²) < 4.78 is 19.7. The zero-order chi connectivity index (χ0) is 21.0. The molecule has 1 atom stereocenters. The summed E-state index contributed by atoms with van der Waals surface area (Å²) in [7, 11) is 0. The number of ether oxygens (including phenoxy) is 1. The Bertz CT molecular complexity index is 818. The van der Waals surface area contributed by atoms with Crippen LogP contribution in [0.5, 0.6) is 5.75 Å². The van der Waals surface area contributed by atoms with Crippen LogP contribution in [0.15, 0.2) is 30.4 Å². The summed E-state index contributed by atoms with van der Waals surface area (Å²) in [5.41, 5.74) is 7.50. The first-order valence-corrected chi connectivity index (χ1v) is 11.0. The molecule has 1 aromatic rings. The molecule has 4 rings (SSSR count). The van der Waals surface area contributed by atoms with E-state index in [-0.39, 0.29) is 29.1 Å². The molecule has 1 saturated heterocycles. The van der Waals surface area contributed by atoms with Crippen molar-refractivity contribution in [2.45, 2.75) is 56.9 Å². The molecule has 30 heavy (non-hydrogen) atoms. The number of nitrogens with one attached hydrogen (secondary N) is 3. The second-order valence-corrected chi connectivity index (χ2v) is 8.68. The van der Waals surface area contributed by atoms with E-state index in [4.69, 9.17) is 4.74 Å². The topological polar surface area (TPSA) is 79.5 Å². The second kappa shape index (κ2) is 9.27. The number of imide groups is 1. The van der Waals surface area contributed by atoms with Gasteiger partial charge in [0.05, 0.1) is 12.1 Å². The van der Waals surface area contributed by atoms with Crippen molar-refractivity contribution in [1.82, 2.24) is 16.2 Å². The summed E-state index contributed by atoms with van der Waals surface area (Å²) in [6, 6.07) is 5.15. The van der Waals surface area contributed by atoms with Crippen LogP contribution in [0.4, 0.5) is 4.39 Å². The summed E-state index contributed by atoms with van der Waals surface area (Å²) in [5.74, 6) is 0.254. The molecule has 0 bridgehead atoms. The quantitative estimate of drug-likeness (QED) is 0.224. The molecule has 1 aromatic carbocycles. The molecule has 1 unspecified atom stereocenters. The van der Waals surface area contributed by atoms with Crippen LogP contribution in [0.2, 0.25) is 0 Å². The van der Waals surface area contributed by atoms with E-state index in [1.807, 2.05) is 18.2 Å². The number of allylic oxidation sites excluding steroid dienone is 1. The highest BCUT2D eigenvalue weighted by molar-refractivity contribution is 5.98. The average molecular weight is 416 g/mol. The first kappa shape index (κ1) is 21.0. The monoisotopic (exact) mass is 415 g/mol. The third-order valence-corrected chi connectivity index (χ3v) is 6.15. The Morgan fingerprint density at radius 3 is 2.77 bits per heavy atom. The Balaban J connectivity index is 1.18. The number of rotatable bonds is 11. The number of benzene rings is 1. The van der Waals surface area contributed by atoms with Crippen LogP contribution >= 0.6 is 0 Å². The van der Waals surface area contributed by atoms with E-state index >= 15 is 0 Å². The molecule has 3 N–H and O–H groups in total. The highest BCUT2D eigenvalue weighted by Crippen LogP contribution is 2.46. The molecule has 0 spiro atoms. The average Bonchev–Trinajstić information content (AvgIpc) is 3.64. The Hall–Kier alpha value is -2.25. The van der Waals surface area contributed by atoms with Crippen molar-refractivity contribution in [3.05, 3.63) is 41.7 Å². The molecule has 1 heterocycles. The third-order valence-electron chi connectivity index (χ3n) is 6.15. The standard InChI is InChI=1S/C23H30FN3O3/c24-19-9-8-18(14-20(19)30-15-16-5-6-16)23(11-12-23)27-25-13-3-1-2-4-17-7-10-21(28)26-22(17)29/h1,3,8-9,14,16-17,25,27H,2,4-7,10-13,15H2,(H,26,28,29)/b3-1+. The lowest BCUT2D eigenvalue weighted by atomic mass is 9.93. The minimum atomic E-state index is -0.304. The van der Waals surface area contributed by atoms with Gasteiger partial charge in [0, 0.05) is 18.9 Å². The number of carbonyl (C=O) groups is 2. The van der Waals surface area contributed by atoms with Crippen LogP contribution in [0.3, 0.4) is 0 Å². The minimum absolute atomic E-state index is 0.0667. The van der Waals surface area contributed by atoms with Crippen LogP contribution in [0.25, 0.3) is 0 Å². The van der Waals surface area contributed by atoms with Gasteiger partial charge in [-0.1, -0.05) is 18.2 Å². The molecule has 1 aliphatic heterocycles. The number of carbonyl (C=O) groups excluding carboxylic acids is 2. The number of hydrogen-bond acceptors (Lipinski definition) is 5. The lowest BCUT2D eigenvalue weighted by Gasteiger charge is -2.20. The summed E-state index contributed by atoms with van der Waals surface area (Å²) >= 11 is 0. The molecule has 2 saturated carbocycles. The fourth-order valence-electron chi connectivity index (χ4n) is 3.81. The van der Waals surface area contributed by atoms with Gasteiger partial charge in [-0.05, 0) is 68.6 Å². The number of hydrogen-bond donors (Lipinski definition) is 3. The van der Waals surface area contributed by atoms with Gasteiger partial charge in [0.25, 0.3) is 0 Å². The van der Waals surface area contributed by atoms with Gasteiger partial charge >= 0.3 is 0 Å².